The van der Waals surface area contributed by atoms with E-state index in [0.717, 1.165) is 0 Å². The van der Waals surface area contributed by atoms with Gasteiger partial charge in [0.1, 0.15) is 5.75 Å². The van der Waals surface area contributed by atoms with Crippen molar-refractivity contribution >= 4 is 33.8 Å². The number of amides is 1. The molecule has 0 saturated heterocycles. The van der Waals surface area contributed by atoms with E-state index in [-0.39, 0.29) is 17.8 Å². The second-order valence-electron chi connectivity index (χ2n) is 2.64. The summed E-state index contributed by atoms with van der Waals surface area (Å²) in [5, 5.41) is 2.91. The van der Waals surface area contributed by atoms with E-state index in [1.54, 1.807) is 30.6 Å². The van der Waals surface area contributed by atoms with Crippen LogP contribution in [0.2, 0.25) is 0 Å². The minimum atomic E-state index is -0.120. The van der Waals surface area contributed by atoms with Gasteiger partial charge >= 0.3 is 0 Å². The number of hydrogen-bond donors (Lipinski definition) is 1. The molecule has 1 radical (unpaired) electrons. The number of carbonyl (C=O) groups is 1. The van der Waals surface area contributed by atoms with Gasteiger partial charge < -0.3 is 10.1 Å². The van der Waals surface area contributed by atoms with E-state index in [0.29, 0.717) is 11.4 Å². The van der Waals surface area contributed by atoms with E-state index < -0.39 is 0 Å². The molecule has 79 valence electrons. The molecule has 1 aromatic carbocycles. The fourth-order valence-electron chi connectivity index (χ4n) is 0.942. The van der Waals surface area contributed by atoms with Crippen LogP contribution in [-0.4, -0.2) is 24.1 Å². The summed E-state index contributed by atoms with van der Waals surface area (Å²) in [4.78, 5) is 20.9. The van der Waals surface area contributed by atoms with Crippen LogP contribution in [0.5, 0.6) is 5.75 Å². The summed E-state index contributed by atoms with van der Waals surface area (Å²) in [6, 6.07) is 6.73. The number of hydrogen-bond acceptors (Lipinski definition) is 3. The fraction of sp³-hybridized carbons (Fsp3) is 0.200. The summed E-state index contributed by atoms with van der Waals surface area (Å²) < 4.78 is 5.00. The van der Waals surface area contributed by atoms with Crippen LogP contribution in [-0.2, 0) is 9.59 Å². The summed E-state index contributed by atoms with van der Waals surface area (Å²) in [6.45, 7) is -0.0902. The molecule has 0 atom stereocenters. The first-order valence-electron chi connectivity index (χ1n) is 4.20. The normalized spacial score (nSPS) is 9.40. The highest BCUT2D eigenvalue weighted by Gasteiger charge is 1.99. The SMILES string of the molecule is O=[C]COc1ccc(NC(=O)CBr)cc1. The molecule has 1 rings (SSSR count). The third-order valence-corrected chi connectivity index (χ3v) is 2.07. The van der Waals surface area contributed by atoms with E-state index in [9.17, 15) is 9.59 Å². The molecular weight excluding hydrogens is 262 g/mol. The van der Waals surface area contributed by atoms with Crippen LogP contribution >= 0.6 is 15.9 Å². The first-order chi connectivity index (χ1) is 7.26. The molecule has 0 aliphatic rings. The van der Waals surface area contributed by atoms with Crippen LogP contribution < -0.4 is 10.1 Å². The van der Waals surface area contributed by atoms with Gasteiger partial charge in [-0.2, -0.15) is 0 Å². The predicted molar refractivity (Wildman–Crippen MR) is 60.1 cm³/mol. The molecule has 0 aliphatic heterocycles. The first-order valence-corrected chi connectivity index (χ1v) is 5.32. The molecule has 0 spiro atoms. The molecule has 0 aromatic heterocycles. The number of anilines is 1. The standard InChI is InChI=1S/C10H9BrNO3/c11-7-10(14)12-8-1-3-9(4-2-8)15-6-5-13/h1-4H,6-7H2,(H,12,14). The van der Waals surface area contributed by atoms with Crippen LogP contribution in [0, 0.1) is 0 Å². The third-order valence-electron chi connectivity index (χ3n) is 1.56. The summed E-state index contributed by atoms with van der Waals surface area (Å²) >= 11 is 3.04. The van der Waals surface area contributed by atoms with Crippen molar-refractivity contribution < 1.29 is 14.3 Å². The molecular formula is C10H9BrNO3. The summed E-state index contributed by atoms with van der Waals surface area (Å²) in [6.07, 6.45) is 1.62. The Hall–Kier alpha value is -1.36. The Labute approximate surface area is 95.7 Å². The maximum atomic E-state index is 11.0. The van der Waals surface area contributed by atoms with Crippen LogP contribution in [0.3, 0.4) is 0 Å². The van der Waals surface area contributed by atoms with E-state index in [1.807, 2.05) is 0 Å². The van der Waals surface area contributed by atoms with Crippen LogP contribution in [0.4, 0.5) is 5.69 Å². The maximum absolute atomic E-state index is 11.0. The van der Waals surface area contributed by atoms with Gasteiger partial charge in [0, 0.05) is 5.69 Å². The van der Waals surface area contributed by atoms with E-state index in [2.05, 4.69) is 21.2 Å². The zero-order chi connectivity index (χ0) is 11.1. The number of benzene rings is 1. The van der Waals surface area contributed by atoms with Crippen molar-refractivity contribution in [2.24, 2.45) is 0 Å². The highest BCUT2D eigenvalue weighted by atomic mass is 79.9. The Morgan fingerprint density at radius 3 is 2.60 bits per heavy atom. The lowest BCUT2D eigenvalue weighted by atomic mass is 10.3. The zero-order valence-corrected chi connectivity index (χ0v) is 9.41. The third kappa shape index (κ3) is 4.12. The number of nitrogens with one attached hydrogen (secondary N) is 1. The minimum Gasteiger partial charge on any atom is -0.485 e. The quantitative estimate of drug-likeness (QED) is 0.826. The van der Waals surface area contributed by atoms with Crippen molar-refractivity contribution in [1.82, 2.24) is 0 Å². The maximum Gasteiger partial charge on any atom is 0.239 e. The Balaban J connectivity index is 2.55. The van der Waals surface area contributed by atoms with E-state index in [1.165, 1.54) is 0 Å². The van der Waals surface area contributed by atoms with Crippen molar-refractivity contribution in [3.05, 3.63) is 24.3 Å². The monoisotopic (exact) mass is 270 g/mol. The van der Waals surface area contributed by atoms with Crippen molar-refractivity contribution in [2.45, 2.75) is 0 Å². The molecule has 0 unspecified atom stereocenters. The molecule has 5 heteroatoms. The lowest BCUT2D eigenvalue weighted by molar-refractivity contribution is -0.113. The Morgan fingerprint density at radius 2 is 2.07 bits per heavy atom. The largest absolute Gasteiger partial charge is 0.485 e. The van der Waals surface area contributed by atoms with Crippen LogP contribution in [0.15, 0.2) is 24.3 Å². The van der Waals surface area contributed by atoms with Gasteiger partial charge in [0.25, 0.3) is 0 Å². The van der Waals surface area contributed by atoms with Gasteiger partial charge in [-0.25, -0.2) is 0 Å². The zero-order valence-electron chi connectivity index (χ0n) is 7.83. The van der Waals surface area contributed by atoms with Gasteiger partial charge in [-0.05, 0) is 24.3 Å². The molecule has 0 heterocycles. The lowest BCUT2D eigenvalue weighted by Crippen LogP contribution is -2.12. The highest BCUT2D eigenvalue weighted by Crippen LogP contribution is 2.15. The lowest BCUT2D eigenvalue weighted by Gasteiger charge is -2.04. The molecule has 1 amide bonds. The molecule has 0 fully saturated rings. The molecule has 4 nitrogen and oxygen atoms in total. The Morgan fingerprint density at radius 1 is 1.40 bits per heavy atom. The second-order valence-corrected chi connectivity index (χ2v) is 3.20. The fourth-order valence-corrected chi connectivity index (χ4v) is 1.08. The highest BCUT2D eigenvalue weighted by molar-refractivity contribution is 9.09. The van der Waals surface area contributed by atoms with E-state index in [4.69, 9.17) is 4.74 Å². The number of alkyl halides is 1. The van der Waals surface area contributed by atoms with Gasteiger partial charge in [-0.15, -0.1) is 0 Å². The number of halogens is 1. The number of rotatable bonds is 5. The van der Waals surface area contributed by atoms with Crippen molar-refractivity contribution in [3.8, 4) is 5.75 Å². The van der Waals surface area contributed by atoms with Gasteiger partial charge in [0.15, 0.2) is 6.61 Å². The topological polar surface area (TPSA) is 55.4 Å². The van der Waals surface area contributed by atoms with Crippen molar-refractivity contribution in [3.63, 3.8) is 0 Å². The molecule has 1 aromatic rings. The number of carbonyl (C=O) groups excluding carboxylic acids is 2. The van der Waals surface area contributed by atoms with Gasteiger partial charge in [-0.3, -0.25) is 9.59 Å². The molecule has 0 saturated carbocycles. The Bertz CT molecular complexity index is 337. The average molecular weight is 271 g/mol. The van der Waals surface area contributed by atoms with Crippen LogP contribution in [0.1, 0.15) is 0 Å². The number of ether oxygens (including phenoxy) is 1. The van der Waals surface area contributed by atoms with E-state index >= 15 is 0 Å². The summed E-state index contributed by atoms with van der Waals surface area (Å²) in [7, 11) is 0. The molecule has 15 heavy (non-hydrogen) atoms. The van der Waals surface area contributed by atoms with Crippen molar-refractivity contribution in [1.29, 1.82) is 0 Å². The molecule has 0 aliphatic carbocycles. The molecule has 0 bridgehead atoms. The van der Waals surface area contributed by atoms with Gasteiger partial charge in [0.05, 0.1) is 5.33 Å². The second kappa shape index (κ2) is 6.19. The van der Waals surface area contributed by atoms with Crippen LogP contribution in [0.25, 0.3) is 0 Å². The van der Waals surface area contributed by atoms with Gasteiger partial charge in [0.2, 0.25) is 12.2 Å². The van der Waals surface area contributed by atoms with Crippen molar-refractivity contribution in [2.75, 3.05) is 17.3 Å². The Kier molecular flexibility index (Phi) is 4.83. The summed E-state index contributed by atoms with van der Waals surface area (Å²) in [5.41, 5.74) is 0.682. The first kappa shape index (κ1) is 11.7. The smallest absolute Gasteiger partial charge is 0.239 e. The average Bonchev–Trinajstić information content (AvgIpc) is 2.28. The summed E-state index contributed by atoms with van der Waals surface area (Å²) in [5.74, 6) is 0.445. The van der Waals surface area contributed by atoms with Gasteiger partial charge in [-0.1, -0.05) is 15.9 Å². The predicted octanol–water partition coefficient (Wildman–Crippen LogP) is 1.51. The minimum absolute atomic E-state index is 0.0902. The molecule has 1 N–H and O–H groups in total.